The number of carbonyl (C=O) groups is 1. The van der Waals surface area contributed by atoms with Crippen LogP contribution in [0.5, 0.6) is 0 Å². The summed E-state index contributed by atoms with van der Waals surface area (Å²) in [5, 5.41) is 9.72. The van der Waals surface area contributed by atoms with Crippen molar-refractivity contribution < 1.29 is 14.3 Å². The largest absolute Gasteiger partial charge is 0.376 e. The van der Waals surface area contributed by atoms with E-state index in [-0.39, 0.29) is 12.1 Å². The van der Waals surface area contributed by atoms with Gasteiger partial charge in [0.25, 0.3) is 0 Å². The minimum Gasteiger partial charge on any atom is -0.376 e. The number of rotatable bonds is 8. The average Bonchev–Trinajstić information content (AvgIpc) is 3.34. The zero-order chi connectivity index (χ0) is 21.3. The maximum atomic E-state index is 12.3. The van der Waals surface area contributed by atoms with Crippen LogP contribution in [0.25, 0.3) is 5.82 Å². The molecule has 3 aromatic rings. The Morgan fingerprint density at radius 1 is 1.23 bits per heavy atom. The van der Waals surface area contributed by atoms with Crippen molar-refractivity contribution in [3.63, 3.8) is 0 Å². The Hall–Kier alpha value is -3.30. The van der Waals surface area contributed by atoms with Gasteiger partial charge in [0.1, 0.15) is 12.7 Å². The van der Waals surface area contributed by atoms with Crippen molar-refractivity contribution in [3.05, 3.63) is 66.4 Å². The van der Waals surface area contributed by atoms with Gasteiger partial charge in [0.2, 0.25) is 0 Å². The molecule has 0 spiro atoms. The fourth-order valence-corrected chi connectivity index (χ4v) is 3.33. The van der Waals surface area contributed by atoms with Gasteiger partial charge in [0.05, 0.1) is 19.3 Å². The lowest BCUT2D eigenvalue weighted by Gasteiger charge is -2.22. The second kappa shape index (κ2) is 10.6. The molecule has 0 saturated carbocycles. The molecule has 1 saturated heterocycles. The molecule has 1 fully saturated rings. The van der Waals surface area contributed by atoms with Gasteiger partial charge in [-0.05, 0) is 48.6 Å². The van der Waals surface area contributed by atoms with Gasteiger partial charge in [-0.2, -0.15) is 5.10 Å². The van der Waals surface area contributed by atoms with E-state index in [0.717, 1.165) is 30.6 Å². The van der Waals surface area contributed by atoms with Gasteiger partial charge >= 0.3 is 6.03 Å². The normalized spacial score (nSPS) is 16.1. The Kier molecular flexibility index (Phi) is 7.20. The zero-order valence-electron chi connectivity index (χ0n) is 17.2. The standard InChI is InChI=1S/C22H26N6O3/c29-22(25-12-18-7-8-21(24-11-18)28-16-23-15-26-28)27-19-5-3-4-17(10-19)13-30-14-20-6-1-2-9-31-20/h3-5,7-8,10-11,15-16,20H,1-2,6,9,12-14H2,(H2,25,27,29)/t20-/m1/s1. The summed E-state index contributed by atoms with van der Waals surface area (Å²) in [7, 11) is 0. The summed E-state index contributed by atoms with van der Waals surface area (Å²) in [5.74, 6) is 0.666. The molecule has 0 radical (unpaired) electrons. The zero-order valence-corrected chi connectivity index (χ0v) is 17.2. The first kappa shape index (κ1) is 21.0. The van der Waals surface area contributed by atoms with E-state index < -0.39 is 0 Å². The SMILES string of the molecule is O=C(NCc1ccc(-n2cncn2)nc1)Nc1cccc(COC[C@H]2CCCCO2)c1. The number of ether oxygens (including phenoxy) is 2. The molecule has 0 bridgehead atoms. The molecule has 2 aromatic heterocycles. The summed E-state index contributed by atoms with van der Waals surface area (Å²) in [6.45, 7) is 2.27. The van der Waals surface area contributed by atoms with Gasteiger partial charge in [0.15, 0.2) is 5.82 Å². The lowest BCUT2D eigenvalue weighted by atomic mass is 10.1. The Morgan fingerprint density at radius 2 is 2.19 bits per heavy atom. The van der Waals surface area contributed by atoms with Crippen molar-refractivity contribution >= 4 is 11.7 Å². The molecule has 4 rings (SSSR count). The quantitative estimate of drug-likeness (QED) is 0.578. The van der Waals surface area contributed by atoms with E-state index in [2.05, 4.69) is 25.7 Å². The average molecular weight is 422 g/mol. The number of nitrogens with one attached hydrogen (secondary N) is 2. The van der Waals surface area contributed by atoms with Crippen LogP contribution in [0.3, 0.4) is 0 Å². The molecule has 3 heterocycles. The van der Waals surface area contributed by atoms with E-state index in [4.69, 9.17) is 9.47 Å². The van der Waals surface area contributed by atoms with Crippen LogP contribution in [0.2, 0.25) is 0 Å². The number of amides is 2. The van der Waals surface area contributed by atoms with Crippen molar-refractivity contribution in [3.8, 4) is 5.82 Å². The van der Waals surface area contributed by atoms with Gasteiger partial charge in [-0.3, -0.25) is 0 Å². The third-order valence-corrected chi connectivity index (χ3v) is 4.95. The molecular weight excluding hydrogens is 396 g/mol. The Balaban J connectivity index is 1.21. The van der Waals surface area contributed by atoms with Gasteiger partial charge in [0, 0.05) is 25.0 Å². The topological polar surface area (TPSA) is 103 Å². The first-order valence-corrected chi connectivity index (χ1v) is 10.4. The smallest absolute Gasteiger partial charge is 0.319 e. The first-order chi connectivity index (χ1) is 15.3. The Morgan fingerprint density at radius 3 is 2.97 bits per heavy atom. The van der Waals surface area contributed by atoms with Crippen LogP contribution in [0, 0.1) is 0 Å². The molecule has 31 heavy (non-hydrogen) atoms. The molecule has 2 amide bonds. The van der Waals surface area contributed by atoms with Crippen LogP contribution in [0.15, 0.2) is 55.2 Å². The molecule has 0 aliphatic carbocycles. The van der Waals surface area contributed by atoms with E-state index in [1.807, 2.05) is 36.4 Å². The number of hydrogen-bond donors (Lipinski definition) is 2. The van der Waals surface area contributed by atoms with E-state index in [1.54, 1.807) is 17.2 Å². The van der Waals surface area contributed by atoms with Gasteiger partial charge in [-0.15, -0.1) is 0 Å². The van der Waals surface area contributed by atoms with Crippen LogP contribution < -0.4 is 10.6 Å². The van der Waals surface area contributed by atoms with Crippen molar-refractivity contribution in [2.75, 3.05) is 18.5 Å². The Labute approximate surface area is 180 Å². The number of carbonyl (C=O) groups excluding carboxylic acids is 1. The van der Waals surface area contributed by atoms with E-state index >= 15 is 0 Å². The highest BCUT2D eigenvalue weighted by atomic mass is 16.5. The van der Waals surface area contributed by atoms with Crippen molar-refractivity contribution in [1.29, 1.82) is 0 Å². The molecule has 1 aromatic carbocycles. The minimum atomic E-state index is -0.283. The van der Waals surface area contributed by atoms with Gasteiger partial charge < -0.3 is 20.1 Å². The van der Waals surface area contributed by atoms with Crippen LogP contribution in [-0.4, -0.2) is 45.1 Å². The molecule has 0 unspecified atom stereocenters. The Bertz CT molecular complexity index is 956. The lowest BCUT2D eigenvalue weighted by molar-refractivity contribution is -0.0447. The molecule has 162 valence electrons. The number of aromatic nitrogens is 4. The van der Waals surface area contributed by atoms with E-state index in [1.165, 1.54) is 12.7 Å². The predicted molar refractivity (Wildman–Crippen MR) is 115 cm³/mol. The molecule has 9 nitrogen and oxygen atoms in total. The number of benzene rings is 1. The summed E-state index contributed by atoms with van der Waals surface area (Å²) >= 11 is 0. The fraction of sp³-hybridized carbons (Fsp3) is 0.364. The summed E-state index contributed by atoms with van der Waals surface area (Å²) in [4.78, 5) is 20.5. The number of anilines is 1. The maximum Gasteiger partial charge on any atom is 0.319 e. The van der Waals surface area contributed by atoms with E-state index in [9.17, 15) is 4.79 Å². The lowest BCUT2D eigenvalue weighted by Crippen LogP contribution is -2.28. The summed E-state index contributed by atoms with van der Waals surface area (Å²) < 4.78 is 13.0. The minimum absolute atomic E-state index is 0.195. The highest BCUT2D eigenvalue weighted by Crippen LogP contribution is 2.15. The molecule has 9 heteroatoms. The highest BCUT2D eigenvalue weighted by Gasteiger charge is 2.13. The molecular formula is C22H26N6O3. The van der Waals surface area contributed by atoms with Crippen molar-refractivity contribution in [2.24, 2.45) is 0 Å². The third kappa shape index (κ3) is 6.34. The van der Waals surface area contributed by atoms with Crippen molar-refractivity contribution in [1.82, 2.24) is 25.1 Å². The maximum absolute atomic E-state index is 12.3. The molecule has 1 aliphatic rings. The molecule has 1 aliphatic heterocycles. The summed E-state index contributed by atoms with van der Waals surface area (Å²) in [5.41, 5.74) is 2.60. The number of pyridine rings is 1. The van der Waals surface area contributed by atoms with E-state index in [0.29, 0.717) is 31.3 Å². The highest BCUT2D eigenvalue weighted by molar-refractivity contribution is 5.89. The van der Waals surface area contributed by atoms with Crippen LogP contribution in [0.4, 0.5) is 10.5 Å². The first-order valence-electron chi connectivity index (χ1n) is 10.4. The number of hydrogen-bond acceptors (Lipinski definition) is 6. The summed E-state index contributed by atoms with van der Waals surface area (Å²) in [6, 6.07) is 11.1. The van der Waals surface area contributed by atoms with Crippen LogP contribution in [0.1, 0.15) is 30.4 Å². The predicted octanol–water partition coefficient (Wildman–Crippen LogP) is 3.07. The molecule has 1 atom stereocenters. The van der Waals surface area contributed by atoms with Crippen LogP contribution in [-0.2, 0) is 22.6 Å². The second-order valence-electron chi connectivity index (χ2n) is 7.38. The molecule has 2 N–H and O–H groups in total. The van der Waals surface area contributed by atoms with Crippen molar-refractivity contribution in [2.45, 2.75) is 38.5 Å². The monoisotopic (exact) mass is 422 g/mol. The number of urea groups is 1. The van der Waals surface area contributed by atoms with Crippen LogP contribution >= 0.6 is 0 Å². The summed E-state index contributed by atoms with van der Waals surface area (Å²) in [6.07, 6.45) is 8.32. The number of nitrogens with zero attached hydrogens (tertiary/aromatic N) is 4. The fourth-order valence-electron chi connectivity index (χ4n) is 3.33. The second-order valence-corrected chi connectivity index (χ2v) is 7.38. The van der Waals surface area contributed by atoms with Gasteiger partial charge in [-0.25, -0.2) is 19.4 Å². The van der Waals surface area contributed by atoms with Gasteiger partial charge in [-0.1, -0.05) is 18.2 Å². The third-order valence-electron chi connectivity index (χ3n) is 4.95.